The quantitative estimate of drug-likeness (QED) is 0.558. The van der Waals surface area contributed by atoms with Gasteiger partial charge in [0.15, 0.2) is 0 Å². The zero-order valence-electron chi connectivity index (χ0n) is 6.21. The number of piperidine rings is 1. The Morgan fingerprint density at radius 3 is 2.70 bits per heavy atom. The van der Waals surface area contributed by atoms with Crippen molar-refractivity contribution < 1.29 is 9.90 Å². The molecule has 3 nitrogen and oxygen atoms in total. The molecule has 1 aliphatic rings. The van der Waals surface area contributed by atoms with Gasteiger partial charge in [-0.1, -0.05) is 0 Å². The van der Waals surface area contributed by atoms with Crippen molar-refractivity contribution in [3.8, 4) is 0 Å². The average molecular weight is 143 g/mol. The third-order valence-electron chi connectivity index (χ3n) is 2.05. The van der Waals surface area contributed by atoms with E-state index in [9.17, 15) is 4.79 Å². The van der Waals surface area contributed by atoms with Gasteiger partial charge >= 0.3 is 6.09 Å². The summed E-state index contributed by atoms with van der Waals surface area (Å²) in [6, 6.07) is 0.228. The second-order valence-electron chi connectivity index (χ2n) is 2.82. The number of amides is 1. The summed E-state index contributed by atoms with van der Waals surface area (Å²) in [4.78, 5) is 12.0. The molecule has 0 aromatic heterocycles. The second-order valence-corrected chi connectivity index (χ2v) is 2.82. The monoisotopic (exact) mass is 143 g/mol. The van der Waals surface area contributed by atoms with Crippen LogP contribution < -0.4 is 0 Å². The molecule has 0 radical (unpaired) electrons. The molecule has 1 amide bonds. The maximum Gasteiger partial charge on any atom is 0.407 e. The molecule has 0 aromatic rings. The van der Waals surface area contributed by atoms with Crippen LogP contribution in [0.4, 0.5) is 4.79 Å². The van der Waals surface area contributed by atoms with Crippen LogP contribution in [0.5, 0.6) is 0 Å². The van der Waals surface area contributed by atoms with Gasteiger partial charge in [-0.05, 0) is 26.2 Å². The molecule has 0 aliphatic carbocycles. The minimum Gasteiger partial charge on any atom is -0.465 e. The van der Waals surface area contributed by atoms with E-state index in [2.05, 4.69) is 0 Å². The van der Waals surface area contributed by atoms with Gasteiger partial charge in [-0.25, -0.2) is 4.79 Å². The topological polar surface area (TPSA) is 40.5 Å². The fourth-order valence-corrected chi connectivity index (χ4v) is 1.38. The molecule has 1 rings (SSSR count). The van der Waals surface area contributed by atoms with Gasteiger partial charge in [0.25, 0.3) is 0 Å². The molecular formula is C7H13NO2. The molecular weight excluding hydrogens is 130 g/mol. The van der Waals surface area contributed by atoms with E-state index in [1.807, 2.05) is 6.92 Å². The predicted octanol–water partition coefficient (Wildman–Crippen LogP) is 1.54. The SMILES string of the molecule is C[C@@H]1CCCCN1C(=O)O. The molecule has 0 saturated carbocycles. The van der Waals surface area contributed by atoms with E-state index in [0.717, 1.165) is 19.4 Å². The van der Waals surface area contributed by atoms with Gasteiger partial charge in [0.2, 0.25) is 0 Å². The van der Waals surface area contributed by atoms with Crippen molar-refractivity contribution in [2.75, 3.05) is 6.54 Å². The minimum absolute atomic E-state index is 0.228. The van der Waals surface area contributed by atoms with Gasteiger partial charge in [0.05, 0.1) is 0 Å². The molecule has 1 N–H and O–H groups in total. The Balaban J connectivity index is 2.47. The van der Waals surface area contributed by atoms with Crippen molar-refractivity contribution in [3.05, 3.63) is 0 Å². The van der Waals surface area contributed by atoms with Crippen LogP contribution in [0.2, 0.25) is 0 Å². The molecule has 1 aliphatic heterocycles. The summed E-state index contributed by atoms with van der Waals surface area (Å²) in [5.41, 5.74) is 0. The lowest BCUT2D eigenvalue weighted by atomic mass is 10.0. The number of likely N-dealkylation sites (tertiary alicyclic amines) is 1. The Kier molecular flexibility index (Phi) is 2.14. The van der Waals surface area contributed by atoms with Crippen molar-refractivity contribution in [1.82, 2.24) is 4.90 Å². The normalized spacial score (nSPS) is 26.5. The zero-order valence-corrected chi connectivity index (χ0v) is 6.21. The van der Waals surface area contributed by atoms with Crippen LogP contribution in [0, 0.1) is 0 Å². The average Bonchev–Trinajstić information content (AvgIpc) is 1.88. The molecule has 0 bridgehead atoms. The highest BCUT2D eigenvalue weighted by atomic mass is 16.4. The fourth-order valence-electron chi connectivity index (χ4n) is 1.38. The molecule has 1 saturated heterocycles. The molecule has 0 unspecified atom stereocenters. The lowest BCUT2D eigenvalue weighted by Gasteiger charge is -2.30. The number of carboxylic acid groups (broad SMARTS) is 1. The molecule has 3 heteroatoms. The molecule has 1 heterocycles. The van der Waals surface area contributed by atoms with Gasteiger partial charge in [-0.3, -0.25) is 0 Å². The third kappa shape index (κ3) is 1.40. The lowest BCUT2D eigenvalue weighted by molar-refractivity contribution is 0.112. The molecule has 0 spiro atoms. The van der Waals surface area contributed by atoms with Crippen molar-refractivity contribution in [2.45, 2.75) is 32.2 Å². The smallest absolute Gasteiger partial charge is 0.407 e. The highest BCUT2D eigenvalue weighted by molar-refractivity contribution is 5.65. The Morgan fingerprint density at radius 1 is 1.60 bits per heavy atom. The summed E-state index contributed by atoms with van der Waals surface area (Å²) in [6.45, 7) is 2.68. The van der Waals surface area contributed by atoms with Crippen molar-refractivity contribution in [2.24, 2.45) is 0 Å². The van der Waals surface area contributed by atoms with Gasteiger partial charge in [0.1, 0.15) is 0 Å². The first-order chi connectivity index (χ1) is 4.72. The van der Waals surface area contributed by atoms with E-state index >= 15 is 0 Å². The summed E-state index contributed by atoms with van der Waals surface area (Å²) in [5, 5.41) is 8.63. The molecule has 10 heavy (non-hydrogen) atoms. The van der Waals surface area contributed by atoms with Crippen LogP contribution in [-0.4, -0.2) is 28.7 Å². The highest BCUT2D eigenvalue weighted by Crippen LogP contribution is 2.15. The first-order valence-corrected chi connectivity index (χ1v) is 3.71. The lowest BCUT2D eigenvalue weighted by Crippen LogP contribution is -2.40. The highest BCUT2D eigenvalue weighted by Gasteiger charge is 2.21. The third-order valence-corrected chi connectivity index (χ3v) is 2.05. The minimum atomic E-state index is -0.771. The van der Waals surface area contributed by atoms with Gasteiger partial charge in [-0.2, -0.15) is 0 Å². The van der Waals surface area contributed by atoms with Crippen molar-refractivity contribution in [1.29, 1.82) is 0 Å². The summed E-state index contributed by atoms with van der Waals surface area (Å²) >= 11 is 0. The summed E-state index contributed by atoms with van der Waals surface area (Å²) in [7, 11) is 0. The van der Waals surface area contributed by atoms with Gasteiger partial charge in [-0.15, -0.1) is 0 Å². The van der Waals surface area contributed by atoms with E-state index in [0.29, 0.717) is 0 Å². The van der Waals surface area contributed by atoms with E-state index in [4.69, 9.17) is 5.11 Å². The molecule has 1 fully saturated rings. The van der Waals surface area contributed by atoms with Crippen LogP contribution in [0.25, 0.3) is 0 Å². The van der Waals surface area contributed by atoms with Gasteiger partial charge in [0, 0.05) is 12.6 Å². The van der Waals surface area contributed by atoms with E-state index in [1.165, 1.54) is 11.3 Å². The van der Waals surface area contributed by atoms with Gasteiger partial charge < -0.3 is 10.0 Å². The fraction of sp³-hybridized carbons (Fsp3) is 0.857. The molecule has 58 valence electrons. The van der Waals surface area contributed by atoms with Crippen LogP contribution in [0.15, 0.2) is 0 Å². The Bertz CT molecular complexity index is 136. The maximum atomic E-state index is 10.5. The Hall–Kier alpha value is -0.730. The molecule has 1 atom stereocenters. The van der Waals surface area contributed by atoms with Crippen LogP contribution >= 0.6 is 0 Å². The second kappa shape index (κ2) is 2.90. The standard InChI is InChI=1S/C7H13NO2/c1-6-4-2-3-5-8(6)7(9)10/h6H,2-5H2,1H3,(H,9,10)/t6-/m1/s1. The molecule has 0 aromatic carbocycles. The van der Waals surface area contributed by atoms with Crippen LogP contribution in [0.1, 0.15) is 26.2 Å². The number of hydrogen-bond acceptors (Lipinski definition) is 1. The van der Waals surface area contributed by atoms with Crippen molar-refractivity contribution >= 4 is 6.09 Å². The van der Waals surface area contributed by atoms with Crippen molar-refractivity contribution in [3.63, 3.8) is 0 Å². The Morgan fingerprint density at radius 2 is 2.30 bits per heavy atom. The first-order valence-electron chi connectivity index (χ1n) is 3.71. The zero-order chi connectivity index (χ0) is 7.56. The predicted molar refractivity (Wildman–Crippen MR) is 38.0 cm³/mol. The number of hydrogen-bond donors (Lipinski definition) is 1. The summed E-state index contributed by atoms with van der Waals surface area (Å²) in [6.07, 6.45) is 2.45. The van der Waals surface area contributed by atoms with E-state index < -0.39 is 6.09 Å². The number of rotatable bonds is 0. The largest absolute Gasteiger partial charge is 0.465 e. The summed E-state index contributed by atoms with van der Waals surface area (Å²) < 4.78 is 0. The Labute approximate surface area is 60.6 Å². The number of carbonyl (C=O) groups is 1. The van der Waals surface area contributed by atoms with E-state index in [1.54, 1.807) is 0 Å². The maximum absolute atomic E-state index is 10.5. The first kappa shape index (κ1) is 7.38. The summed E-state index contributed by atoms with van der Waals surface area (Å²) in [5.74, 6) is 0. The van der Waals surface area contributed by atoms with Crippen LogP contribution in [0.3, 0.4) is 0 Å². The van der Waals surface area contributed by atoms with Crippen LogP contribution in [-0.2, 0) is 0 Å². The number of nitrogens with zero attached hydrogens (tertiary/aromatic N) is 1. The van der Waals surface area contributed by atoms with E-state index in [-0.39, 0.29) is 6.04 Å².